The minimum Gasteiger partial charge on any atom is -0.377 e. The van der Waals surface area contributed by atoms with Crippen LogP contribution in [0.5, 0.6) is 0 Å². The minimum atomic E-state index is 0.304. The number of nitrogens with zero attached hydrogens (tertiary/aromatic N) is 2. The molecule has 0 aromatic rings. The molecule has 0 spiro atoms. The Morgan fingerprint density at radius 1 is 1.13 bits per heavy atom. The van der Waals surface area contributed by atoms with Crippen molar-refractivity contribution in [2.45, 2.75) is 64.1 Å². The second kappa shape index (κ2) is 7.95. The van der Waals surface area contributed by atoms with Gasteiger partial charge in [-0.05, 0) is 45.4 Å². The van der Waals surface area contributed by atoms with Gasteiger partial charge in [-0.15, -0.1) is 0 Å². The van der Waals surface area contributed by atoms with Crippen molar-refractivity contribution in [2.24, 2.45) is 5.92 Å². The lowest BCUT2D eigenvalue weighted by Crippen LogP contribution is -2.50. The first kappa shape index (κ1) is 17.2. The predicted molar refractivity (Wildman–Crippen MR) is 91.4 cm³/mol. The maximum Gasteiger partial charge on any atom is 0.222 e. The van der Waals surface area contributed by atoms with Crippen LogP contribution in [0, 0.1) is 5.92 Å². The number of piperidine rings is 1. The van der Waals surface area contributed by atoms with Crippen LogP contribution in [0.3, 0.4) is 0 Å². The van der Waals surface area contributed by atoms with Crippen molar-refractivity contribution in [1.29, 1.82) is 0 Å². The van der Waals surface area contributed by atoms with Gasteiger partial charge < -0.3 is 15.0 Å². The van der Waals surface area contributed by atoms with E-state index in [-0.39, 0.29) is 0 Å². The number of piperazine rings is 1. The van der Waals surface area contributed by atoms with E-state index in [1.165, 1.54) is 25.7 Å². The van der Waals surface area contributed by atoms with Gasteiger partial charge in [-0.2, -0.15) is 0 Å². The highest BCUT2D eigenvalue weighted by Crippen LogP contribution is 2.33. The van der Waals surface area contributed by atoms with E-state index in [0.29, 0.717) is 30.0 Å². The Morgan fingerprint density at radius 2 is 1.78 bits per heavy atom. The smallest absolute Gasteiger partial charge is 0.222 e. The molecule has 3 aliphatic rings. The summed E-state index contributed by atoms with van der Waals surface area (Å²) < 4.78 is 5.62. The van der Waals surface area contributed by atoms with Gasteiger partial charge in [-0.3, -0.25) is 9.69 Å². The summed E-state index contributed by atoms with van der Waals surface area (Å²) in [5.74, 6) is 0.994. The highest BCUT2D eigenvalue weighted by atomic mass is 16.5. The van der Waals surface area contributed by atoms with Gasteiger partial charge in [-0.25, -0.2) is 0 Å². The summed E-state index contributed by atoms with van der Waals surface area (Å²) >= 11 is 0. The second-order valence-corrected chi connectivity index (χ2v) is 7.82. The van der Waals surface area contributed by atoms with E-state index < -0.39 is 0 Å². The average Bonchev–Trinajstić information content (AvgIpc) is 2.86. The number of amides is 1. The van der Waals surface area contributed by atoms with Crippen molar-refractivity contribution in [3.05, 3.63) is 0 Å². The van der Waals surface area contributed by atoms with Crippen molar-refractivity contribution < 1.29 is 9.53 Å². The molecule has 5 heteroatoms. The number of hydrogen-bond acceptors (Lipinski definition) is 4. The summed E-state index contributed by atoms with van der Waals surface area (Å²) in [6.45, 7) is 9.68. The lowest BCUT2D eigenvalue weighted by Gasteiger charge is -2.36. The van der Waals surface area contributed by atoms with Crippen molar-refractivity contribution in [1.82, 2.24) is 15.1 Å². The molecule has 3 saturated heterocycles. The molecule has 3 rings (SSSR count). The number of hydrogen-bond donors (Lipinski definition) is 1. The van der Waals surface area contributed by atoms with Crippen LogP contribution in [0.2, 0.25) is 0 Å². The summed E-state index contributed by atoms with van der Waals surface area (Å²) in [5, 5.41) is 3.66. The molecule has 2 atom stereocenters. The van der Waals surface area contributed by atoms with Crippen LogP contribution in [0.4, 0.5) is 0 Å². The van der Waals surface area contributed by atoms with Crippen molar-refractivity contribution >= 4 is 5.91 Å². The predicted octanol–water partition coefficient (Wildman–Crippen LogP) is 1.48. The highest BCUT2D eigenvalue weighted by molar-refractivity contribution is 5.76. The number of carbonyl (C=O) groups is 1. The molecule has 132 valence electrons. The van der Waals surface area contributed by atoms with Crippen molar-refractivity contribution in [2.75, 3.05) is 39.3 Å². The highest BCUT2D eigenvalue weighted by Gasteiger charge is 2.35. The second-order valence-electron chi connectivity index (χ2n) is 7.82. The summed E-state index contributed by atoms with van der Waals surface area (Å²) in [4.78, 5) is 17.1. The molecule has 1 amide bonds. The van der Waals surface area contributed by atoms with Gasteiger partial charge in [-0.1, -0.05) is 0 Å². The molecule has 0 aromatic heterocycles. The summed E-state index contributed by atoms with van der Waals surface area (Å²) in [6.07, 6.45) is 6.10. The fourth-order valence-corrected chi connectivity index (χ4v) is 4.36. The molecule has 1 N–H and O–H groups in total. The molecule has 2 unspecified atom stereocenters. The van der Waals surface area contributed by atoms with Gasteiger partial charge in [0, 0.05) is 51.2 Å². The molecule has 0 saturated carbocycles. The molecule has 0 radical (unpaired) electrons. The molecular weight excluding hydrogens is 290 g/mol. The maximum atomic E-state index is 12.6. The van der Waals surface area contributed by atoms with Crippen LogP contribution >= 0.6 is 0 Å². The first-order chi connectivity index (χ1) is 11.1. The molecule has 3 aliphatic heterocycles. The summed E-state index contributed by atoms with van der Waals surface area (Å²) in [6, 6.07) is 1.37. The Kier molecular flexibility index (Phi) is 5.94. The Hall–Kier alpha value is -0.650. The largest absolute Gasteiger partial charge is 0.377 e. The van der Waals surface area contributed by atoms with Gasteiger partial charge in [0.2, 0.25) is 5.91 Å². The van der Waals surface area contributed by atoms with E-state index in [1.807, 2.05) is 0 Å². The molecule has 3 heterocycles. The Morgan fingerprint density at radius 3 is 2.39 bits per heavy atom. The van der Waals surface area contributed by atoms with E-state index in [9.17, 15) is 4.79 Å². The van der Waals surface area contributed by atoms with Crippen LogP contribution < -0.4 is 5.32 Å². The molecule has 3 fully saturated rings. The third-order valence-corrected chi connectivity index (χ3v) is 5.62. The van der Waals surface area contributed by atoms with Gasteiger partial charge in [0.25, 0.3) is 0 Å². The Balaban J connectivity index is 1.35. The van der Waals surface area contributed by atoms with Gasteiger partial charge >= 0.3 is 0 Å². The lowest BCUT2D eigenvalue weighted by atomic mass is 9.89. The Labute approximate surface area is 140 Å². The van der Waals surface area contributed by atoms with Crippen LogP contribution in [0.1, 0.15) is 46.0 Å². The summed E-state index contributed by atoms with van der Waals surface area (Å²) in [7, 11) is 0. The zero-order valence-corrected chi connectivity index (χ0v) is 14.8. The minimum absolute atomic E-state index is 0.304. The molecule has 0 aliphatic carbocycles. The van der Waals surface area contributed by atoms with E-state index in [4.69, 9.17) is 4.74 Å². The molecular formula is C18H33N3O2. The van der Waals surface area contributed by atoms with E-state index in [0.717, 1.165) is 45.8 Å². The van der Waals surface area contributed by atoms with Crippen molar-refractivity contribution in [3.63, 3.8) is 0 Å². The number of carbonyl (C=O) groups excluding carboxylic acids is 1. The van der Waals surface area contributed by atoms with E-state index in [1.54, 1.807) is 0 Å². The third kappa shape index (κ3) is 4.91. The van der Waals surface area contributed by atoms with Crippen LogP contribution in [0.15, 0.2) is 0 Å². The van der Waals surface area contributed by atoms with Gasteiger partial charge in [0.15, 0.2) is 0 Å². The van der Waals surface area contributed by atoms with Crippen LogP contribution in [-0.2, 0) is 9.53 Å². The fraction of sp³-hybridized carbons (Fsp3) is 0.944. The Bertz CT molecular complexity index is 382. The van der Waals surface area contributed by atoms with E-state index in [2.05, 4.69) is 29.0 Å². The summed E-state index contributed by atoms with van der Waals surface area (Å²) in [5.41, 5.74) is 0. The van der Waals surface area contributed by atoms with Crippen molar-refractivity contribution in [3.8, 4) is 0 Å². The monoisotopic (exact) mass is 323 g/mol. The quantitative estimate of drug-likeness (QED) is 0.804. The maximum absolute atomic E-state index is 12.6. The zero-order valence-electron chi connectivity index (χ0n) is 14.8. The molecule has 0 aromatic carbocycles. The van der Waals surface area contributed by atoms with E-state index >= 15 is 0 Å². The van der Waals surface area contributed by atoms with Crippen LogP contribution in [0.25, 0.3) is 0 Å². The van der Waals surface area contributed by atoms with Crippen LogP contribution in [-0.4, -0.2) is 73.2 Å². The number of rotatable bonds is 6. The standard InChI is InChI=1S/C18H33N3O2/c1-14(2)23-10-9-20-5-7-21(8-6-20)18(22)13-15-11-16-3-4-17(12-15)19-16/h14-17,19H,3-13H2,1-2H3. The first-order valence-electron chi connectivity index (χ1n) is 9.48. The number of fused-ring (bicyclic) bond motifs is 2. The SMILES string of the molecule is CC(C)OCCN1CCN(C(=O)CC2CC3CCC(C2)N3)CC1. The van der Waals surface area contributed by atoms with Gasteiger partial charge in [0.1, 0.15) is 0 Å². The average molecular weight is 323 g/mol. The molecule has 23 heavy (non-hydrogen) atoms. The zero-order chi connectivity index (χ0) is 16.2. The molecule has 2 bridgehead atoms. The topological polar surface area (TPSA) is 44.8 Å². The third-order valence-electron chi connectivity index (χ3n) is 5.62. The van der Waals surface area contributed by atoms with Gasteiger partial charge in [0.05, 0.1) is 12.7 Å². The fourth-order valence-electron chi connectivity index (χ4n) is 4.36. The lowest BCUT2D eigenvalue weighted by molar-refractivity contribution is -0.134. The molecule has 5 nitrogen and oxygen atoms in total. The normalized spacial score (nSPS) is 31.8. The first-order valence-corrected chi connectivity index (χ1v) is 9.48. The number of nitrogens with one attached hydrogen (secondary N) is 1. The number of ether oxygens (including phenoxy) is 1.